The van der Waals surface area contributed by atoms with Crippen molar-refractivity contribution in [2.75, 3.05) is 20.8 Å². The van der Waals surface area contributed by atoms with E-state index in [0.29, 0.717) is 12.5 Å². The van der Waals surface area contributed by atoms with Gasteiger partial charge in [-0.2, -0.15) is 0 Å². The highest BCUT2D eigenvalue weighted by Gasteiger charge is 2.39. The standard InChI is InChI=1S/C18H25N3O4/c1-12(2)14-7-5-13(6-8-14)10-20(3)11-21-17(23)15(19-18(21)24)9-16(22)25-4/h5-8,12,15H,9-11H2,1-4H3,(H,19,24)/t15-/m1/s1. The number of hydrogen-bond acceptors (Lipinski definition) is 5. The number of benzene rings is 1. The number of methoxy groups -OCH3 is 1. The first-order valence-corrected chi connectivity index (χ1v) is 8.28. The smallest absolute Gasteiger partial charge is 0.325 e. The highest BCUT2D eigenvalue weighted by Crippen LogP contribution is 2.16. The third kappa shape index (κ3) is 4.79. The lowest BCUT2D eigenvalue weighted by Crippen LogP contribution is -2.40. The van der Waals surface area contributed by atoms with Gasteiger partial charge < -0.3 is 10.1 Å². The van der Waals surface area contributed by atoms with Crippen LogP contribution in [0, 0.1) is 0 Å². The van der Waals surface area contributed by atoms with Gasteiger partial charge in [0.2, 0.25) is 0 Å². The van der Waals surface area contributed by atoms with Crippen molar-refractivity contribution in [1.29, 1.82) is 0 Å². The Morgan fingerprint density at radius 1 is 1.28 bits per heavy atom. The normalized spacial score (nSPS) is 17.4. The number of carbonyl (C=O) groups is 3. The summed E-state index contributed by atoms with van der Waals surface area (Å²) in [6.45, 7) is 5.05. The van der Waals surface area contributed by atoms with E-state index in [9.17, 15) is 14.4 Å². The molecule has 0 saturated carbocycles. The Hall–Kier alpha value is -2.41. The van der Waals surface area contributed by atoms with Gasteiger partial charge in [0.25, 0.3) is 5.91 Å². The Kier molecular flexibility index (Phi) is 6.14. The van der Waals surface area contributed by atoms with Gasteiger partial charge in [-0.3, -0.25) is 14.5 Å². The second-order valence-corrected chi connectivity index (χ2v) is 6.60. The summed E-state index contributed by atoms with van der Waals surface area (Å²) < 4.78 is 4.55. The average molecular weight is 347 g/mol. The van der Waals surface area contributed by atoms with E-state index in [2.05, 4.69) is 48.2 Å². The van der Waals surface area contributed by atoms with Crippen LogP contribution in [0.25, 0.3) is 0 Å². The molecule has 3 amide bonds. The molecule has 1 heterocycles. The van der Waals surface area contributed by atoms with E-state index < -0.39 is 23.9 Å². The van der Waals surface area contributed by atoms with E-state index in [1.54, 1.807) is 0 Å². The molecular weight excluding hydrogens is 322 g/mol. The van der Waals surface area contributed by atoms with Crippen LogP contribution < -0.4 is 5.32 Å². The minimum absolute atomic E-state index is 0.155. The molecule has 1 N–H and O–H groups in total. The Labute approximate surface area is 147 Å². The number of ether oxygens (including phenoxy) is 1. The number of imide groups is 1. The lowest BCUT2D eigenvalue weighted by atomic mass is 10.0. The minimum Gasteiger partial charge on any atom is -0.469 e. The number of rotatable bonds is 7. The van der Waals surface area contributed by atoms with Gasteiger partial charge in [-0.05, 0) is 24.1 Å². The summed E-state index contributed by atoms with van der Waals surface area (Å²) in [6, 6.07) is 6.96. The fourth-order valence-corrected chi connectivity index (χ4v) is 2.71. The molecule has 1 aromatic rings. The van der Waals surface area contributed by atoms with Gasteiger partial charge in [0, 0.05) is 6.54 Å². The molecule has 1 fully saturated rings. The quantitative estimate of drug-likeness (QED) is 0.600. The number of nitrogens with zero attached hydrogens (tertiary/aromatic N) is 2. The number of esters is 1. The predicted molar refractivity (Wildman–Crippen MR) is 92.7 cm³/mol. The van der Waals surface area contributed by atoms with E-state index in [4.69, 9.17) is 0 Å². The first-order chi connectivity index (χ1) is 11.8. The first-order valence-electron chi connectivity index (χ1n) is 8.28. The molecule has 1 atom stereocenters. The van der Waals surface area contributed by atoms with E-state index >= 15 is 0 Å². The maximum Gasteiger partial charge on any atom is 0.325 e. The average Bonchev–Trinajstić information content (AvgIpc) is 2.82. The first kappa shape index (κ1) is 18.9. The van der Waals surface area contributed by atoms with Gasteiger partial charge in [-0.15, -0.1) is 0 Å². The van der Waals surface area contributed by atoms with Crippen LogP contribution >= 0.6 is 0 Å². The van der Waals surface area contributed by atoms with Crippen LogP contribution in [0.5, 0.6) is 0 Å². The van der Waals surface area contributed by atoms with Crippen molar-refractivity contribution in [2.45, 2.75) is 38.8 Å². The molecule has 0 aliphatic carbocycles. The molecule has 0 spiro atoms. The van der Waals surface area contributed by atoms with Gasteiger partial charge in [0.1, 0.15) is 6.04 Å². The van der Waals surface area contributed by atoms with Crippen LogP contribution in [0.15, 0.2) is 24.3 Å². The van der Waals surface area contributed by atoms with Crippen LogP contribution in [0.3, 0.4) is 0 Å². The third-order valence-corrected chi connectivity index (χ3v) is 4.19. The van der Waals surface area contributed by atoms with Crippen molar-refractivity contribution in [3.63, 3.8) is 0 Å². The van der Waals surface area contributed by atoms with Gasteiger partial charge in [0.05, 0.1) is 20.2 Å². The van der Waals surface area contributed by atoms with Crippen molar-refractivity contribution in [3.8, 4) is 0 Å². The lowest BCUT2D eigenvalue weighted by molar-refractivity contribution is -0.143. The minimum atomic E-state index is -0.848. The van der Waals surface area contributed by atoms with E-state index in [0.717, 1.165) is 10.5 Å². The summed E-state index contributed by atoms with van der Waals surface area (Å²) >= 11 is 0. The monoisotopic (exact) mass is 347 g/mol. The zero-order chi connectivity index (χ0) is 18.6. The van der Waals surface area contributed by atoms with E-state index in [1.165, 1.54) is 12.7 Å². The molecule has 1 aromatic carbocycles. The molecular formula is C18H25N3O4. The van der Waals surface area contributed by atoms with Crippen molar-refractivity contribution < 1.29 is 19.1 Å². The highest BCUT2D eigenvalue weighted by atomic mass is 16.5. The summed E-state index contributed by atoms with van der Waals surface area (Å²) in [7, 11) is 3.09. The van der Waals surface area contributed by atoms with Crippen molar-refractivity contribution in [2.24, 2.45) is 0 Å². The highest BCUT2D eigenvalue weighted by molar-refractivity contribution is 6.05. The zero-order valence-electron chi connectivity index (χ0n) is 15.1. The summed E-state index contributed by atoms with van der Waals surface area (Å²) in [5, 5.41) is 2.52. The summed E-state index contributed by atoms with van der Waals surface area (Å²) in [4.78, 5) is 38.6. The van der Waals surface area contributed by atoms with Gasteiger partial charge in [-0.25, -0.2) is 9.69 Å². The number of urea groups is 1. The Bertz CT molecular complexity index is 642. The van der Waals surface area contributed by atoms with Crippen LogP contribution in [0.1, 0.15) is 37.3 Å². The summed E-state index contributed by atoms with van der Waals surface area (Å²) in [6.07, 6.45) is -0.155. The summed E-state index contributed by atoms with van der Waals surface area (Å²) in [5.41, 5.74) is 2.37. The molecule has 0 bridgehead atoms. The van der Waals surface area contributed by atoms with Gasteiger partial charge in [0.15, 0.2) is 0 Å². The molecule has 7 heteroatoms. The SMILES string of the molecule is COC(=O)C[C@H]1NC(=O)N(CN(C)Cc2ccc(C(C)C)cc2)C1=O. The molecule has 25 heavy (non-hydrogen) atoms. The van der Waals surface area contributed by atoms with Gasteiger partial charge in [-0.1, -0.05) is 38.1 Å². The van der Waals surface area contributed by atoms with Crippen LogP contribution in [0.2, 0.25) is 0 Å². The number of nitrogens with one attached hydrogen (secondary N) is 1. The van der Waals surface area contributed by atoms with E-state index in [-0.39, 0.29) is 13.1 Å². The molecule has 1 saturated heterocycles. The predicted octanol–water partition coefficient (Wildman–Crippen LogP) is 1.68. The topological polar surface area (TPSA) is 79.0 Å². The number of hydrogen-bond donors (Lipinski definition) is 1. The molecule has 1 aliphatic rings. The Morgan fingerprint density at radius 2 is 1.92 bits per heavy atom. The summed E-state index contributed by atoms with van der Waals surface area (Å²) in [5.74, 6) is -0.457. The Morgan fingerprint density at radius 3 is 2.48 bits per heavy atom. The zero-order valence-corrected chi connectivity index (χ0v) is 15.1. The maximum absolute atomic E-state index is 12.3. The molecule has 0 radical (unpaired) electrons. The Balaban J connectivity index is 1.93. The molecule has 2 rings (SSSR count). The number of carbonyl (C=O) groups excluding carboxylic acids is 3. The van der Waals surface area contributed by atoms with Crippen LogP contribution in [0.4, 0.5) is 4.79 Å². The van der Waals surface area contributed by atoms with Crippen LogP contribution in [-0.2, 0) is 20.9 Å². The van der Waals surface area contributed by atoms with Crippen molar-refractivity contribution >= 4 is 17.9 Å². The fourth-order valence-electron chi connectivity index (χ4n) is 2.71. The second-order valence-electron chi connectivity index (χ2n) is 6.60. The fraction of sp³-hybridized carbons (Fsp3) is 0.500. The molecule has 136 valence electrons. The van der Waals surface area contributed by atoms with E-state index in [1.807, 2.05) is 11.9 Å². The molecule has 1 aliphatic heterocycles. The third-order valence-electron chi connectivity index (χ3n) is 4.19. The lowest BCUT2D eigenvalue weighted by Gasteiger charge is -2.22. The number of amides is 3. The molecule has 0 aromatic heterocycles. The van der Waals surface area contributed by atoms with Crippen LogP contribution in [-0.4, -0.2) is 54.6 Å². The van der Waals surface area contributed by atoms with Crippen molar-refractivity contribution in [3.05, 3.63) is 35.4 Å². The van der Waals surface area contributed by atoms with Crippen molar-refractivity contribution in [1.82, 2.24) is 15.1 Å². The molecule has 0 unspecified atom stereocenters. The molecule has 7 nitrogen and oxygen atoms in total. The maximum atomic E-state index is 12.3. The van der Waals surface area contributed by atoms with Gasteiger partial charge >= 0.3 is 12.0 Å². The second kappa shape index (κ2) is 8.11. The largest absolute Gasteiger partial charge is 0.469 e.